The lowest BCUT2D eigenvalue weighted by Gasteiger charge is -2.31. The van der Waals surface area contributed by atoms with Crippen LogP contribution >= 0.6 is 0 Å². The third-order valence-electron chi connectivity index (χ3n) is 6.34. The molecule has 2 aromatic rings. The molecule has 0 spiro atoms. The fourth-order valence-corrected chi connectivity index (χ4v) is 4.69. The van der Waals surface area contributed by atoms with Crippen LogP contribution in [0.1, 0.15) is 57.8 Å². The molecule has 7 heteroatoms. The summed E-state index contributed by atoms with van der Waals surface area (Å²) in [6.45, 7) is 0. The van der Waals surface area contributed by atoms with Crippen LogP contribution < -0.4 is 20.9 Å². The van der Waals surface area contributed by atoms with Crippen molar-refractivity contribution in [3.05, 3.63) is 24.3 Å². The van der Waals surface area contributed by atoms with Gasteiger partial charge in [-0.1, -0.05) is 31.4 Å². The van der Waals surface area contributed by atoms with Gasteiger partial charge in [-0.05, 0) is 50.7 Å². The number of hydrogen-bond acceptors (Lipinski definition) is 5. The molecule has 0 saturated heterocycles. The molecule has 4 rings (SSSR count). The summed E-state index contributed by atoms with van der Waals surface area (Å²) in [5, 5.41) is 10.9. The van der Waals surface area contributed by atoms with E-state index in [2.05, 4.69) is 22.0 Å². The Kier molecular flexibility index (Phi) is 6.55. The maximum absolute atomic E-state index is 12.3. The standard InChI is InChI=1S/C23H34N6O/c1-29(2)21-19-10-6-7-11-20(19)27-22(28-21)24-17-12-14-18(15-13-17)26-23(30)25-16-8-4-3-5-9-16/h6-7,10-11,16-18H,3-5,8-9,12-15H2,1-2H3,(H,24,27,28)(H2,25,26,30). The number of anilines is 2. The normalized spacial score (nSPS) is 22.5. The van der Waals surface area contributed by atoms with Gasteiger partial charge in [0.05, 0.1) is 5.52 Å². The van der Waals surface area contributed by atoms with Crippen molar-refractivity contribution in [3.63, 3.8) is 0 Å². The van der Waals surface area contributed by atoms with Crippen molar-refractivity contribution >= 4 is 28.7 Å². The first-order chi connectivity index (χ1) is 14.6. The van der Waals surface area contributed by atoms with Crippen molar-refractivity contribution < 1.29 is 4.79 Å². The number of carbonyl (C=O) groups is 1. The van der Waals surface area contributed by atoms with Crippen LogP contribution in [0.25, 0.3) is 10.9 Å². The molecule has 7 nitrogen and oxygen atoms in total. The van der Waals surface area contributed by atoms with Crippen molar-refractivity contribution in [2.45, 2.75) is 75.9 Å². The van der Waals surface area contributed by atoms with Crippen molar-refractivity contribution in [3.8, 4) is 0 Å². The van der Waals surface area contributed by atoms with Crippen LogP contribution in [0.3, 0.4) is 0 Å². The molecule has 1 heterocycles. The van der Waals surface area contributed by atoms with Gasteiger partial charge in [0.15, 0.2) is 0 Å². The topological polar surface area (TPSA) is 82.2 Å². The highest BCUT2D eigenvalue weighted by molar-refractivity contribution is 5.90. The fourth-order valence-electron chi connectivity index (χ4n) is 4.69. The van der Waals surface area contributed by atoms with E-state index in [-0.39, 0.29) is 12.1 Å². The number of carbonyl (C=O) groups excluding carboxylic acids is 1. The van der Waals surface area contributed by atoms with Gasteiger partial charge in [0.1, 0.15) is 5.82 Å². The van der Waals surface area contributed by atoms with Crippen molar-refractivity contribution in [2.24, 2.45) is 0 Å². The highest BCUT2D eigenvalue weighted by atomic mass is 16.2. The quantitative estimate of drug-likeness (QED) is 0.693. The lowest BCUT2D eigenvalue weighted by molar-refractivity contribution is 0.224. The number of rotatable bonds is 5. The lowest BCUT2D eigenvalue weighted by atomic mass is 9.91. The third kappa shape index (κ3) is 5.12. The first-order valence-electron chi connectivity index (χ1n) is 11.4. The maximum Gasteiger partial charge on any atom is 0.315 e. The Morgan fingerprint density at radius 2 is 1.50 bits per heavy atom. The van der Waals surface area contributed by atoms with E-state index in [1.54, 1.807) is 0 Å². The van der Waals surface area contributed by atoms with Crippen LogP contribution in [0.2, 0.25) is 0 Å². The number of nitrogens with zero attached hydrogens (tertiary/aromatic N) is 3. The first kappa shape index (κ1) is 20.7. The molecule has 0 aliphatic heterocycles. The molecule has 2 aliphatic carbocycles. The molecule has 3 N–H and O–H groups in total. The van der Waals surface area contributed by atoms with E-state index in [1.807, 2.05) is 37.2 Å². The SMILES string of the molecule is CN(C)c1nc(NC2CCC(NC(=O)NC3CCCCC3)CC2)nc2ccccc12. The predicted molar refractivity (Wildman–Crippen MR) is 122 cm³/mol. The van der Waals surface area contributed by atoms with E-state index in [0.717, 1.165) is 55.2 Å². The third-order valence-corrected chi connectivity index (χ3v) is 6.34. The Balaban J connectivity index is 1.30. The van der Waals surface area contributed by atoms with E-state index in [0.29, 0.717) is 18.0 Å². The van der Waals surface area contributed by atoms with E-state index in [1.165, 1.54) is 19.3 Å². The monoisotopic (exact) mass is 410 g/mol. The molecule has 30 heavy (non-hydrogen) atoms. The number of amides is 2. The number of benzene rings is 1. The number of para-hydroxylation sites is 1. The predicted octanol–water partition coefficient (Wildman–Crippen LogP) is 4.05. The number of aromatic nitrogens is 2. The summed E-state index contributed by atoms with van der Waals surface area (Å²) in [6, 6.07) is 9.06. The maximum atomic E-state index is 12.3. The molecular weight excluding hydrogens is 376 g/mol. The number of hydrogen-bond donors (Lipinski definition) is 3. The smallest absolute Gasteiger partial charge is 0.315 e. The molecule has 2 fully saturated rings. The molecular formula is C23H34N6O. The van der Waals surface area contributed by atoms with Gasteiger partial charge in [0.2, 0.25) is 5.95 Å². The summed E-state index contributed by atoms with van der Waals surface area (Å²) >= 11 is 0. The summed E-state index contributed by atoms with van der Waals surface area (Å²) in [4.78, 5) is 23.8. The van der Waals surface area contributed by atoms with Crippen LogP contribution in [-0.4, -0.2) is 48.2 Å². The Morgan fingerprint density at radius 3 is 2.20 bits per heavy atom. The van der Waals surface area contributed by atoms with Crippen LogP contribution in [0.4, 0.5) is 16.6 Å². The molecule has 1 aromatic carbocycles. The zero-order valence-electron chi connectivity index (χ0n) is 18.2. The second-order valence-electron chi connectivity index (χ2n) is 8.93. The van der Waals surface area contributed by atoms with Gasteiger partial charge < -0.3 is 20.9 Å². The minimum Gasteiger partial charge on any atom is -0.362 e. The van der Waals surface area contributed by atoms with Crippen LogP contribution in [0.15, 0.2) is 24.3 Å². The zero-order valence-corrected chi connectivity index (χ0v) is 18.2. The molecule has 2 saturated carbocycles. The lowest BCUT2D eigenvalue weighted by Crippen LogP contribution is -2.48. The van der Waals surface area contributed by atoms with Gasteiger partial charge in [0.25, 0.3) is 0 Å². The minimum absolute atomic E-state index is 0.00629. The van der Waals surface area contributed by atoms with Crippen LogP contribution in [-0.2, 0) is 0 Å². The Bertz CT molecular complexity index is 856. The van der Waals surface area contributed by atoms with Gasteiger partial charge in [0, 0.05) is 37.6 Å². The molecule has 2 aliphatic rings. The average Bonchev–Trinajstić information content (AvgIpc) is 2.75. The Morgan fingerprint density at radius 1 is 0.867 bits per heavy atom. The molecule has 0 atom stereocenters. The van der Waals surface area contributed by atoms with Gasteiger partial charge >= 0.3 is 6.03 Å². The molecule has 0 bridgehead atoms. The van der Waals surface area contributed by atoms with E-state index in [9.17, 15) is 4.79 Å². The fraction of sp³-hybridized carbons (Fsp3) is 0.609. The van der Waals surface area contributed by atoms with E-state index >= 15 is 0 Å². The van der Waals surface area contributed by atoms with E-state index in [4.69, 9.17) is 9.97 Å². The zero-order chi connectivity index (χ0) is 20.9. The second kappa shape index (κ2) is 9.49. The Labute approximate surface area is 179 Å². The molecule has 162 valence electrons. The number of urea groups is 1. The van der Waals surface area contributed by atoms with Gasteiger partial charge in [-0.2, -0.15) is 4.98 Å². The summed E-state index contributed by atoms with van der Waals surface area (Å²) in [5.41, 5.74) is 0.952. The highest BCUT2D eigenvalue weighted by Crippen LogP contribution is 2.26. The minimum atomic E-state index is 0.00629. The van der Waals surface area contributed by atoms with Gasteiger partial charge in [-0.3, -0.25) is 0 Å². The van der Waals surface area contributed by atoms with Crippen LogP contribution in [0.5, 0.6) is 0 Å². The summed E-state index contributed by atoms with van der Waals surface area (Å²) in [7, 11) is 4.02. The van der Waals surface area contributed by atoms with Gasteiger partial charge in [-0.15, -0.1) is 0 Å². The molecule has 1 aromatic heterocycles. The van der Waals surface area contributed by atoms with Crippen molar-refractivity contribution in [1.29, 1.82) is 0 Å². The number of nitrogens with one attached hydrogen (secondary N) is 3. The summed E-state index contributed by atoms with van der Waals surface area (Å²) in [6.07, 6.45) is 9.95. The molecule has 0 radical (unpaired) electrons. The molecule has 0 unspecified atom stereocenters. The van der Waals surface area contributed by atoms with Crippen molar-refractivity contribution in [2.75, 3.05) is 24.3 Å². The van der Waals surface area contributed by atoms with Crippen molar-refractivity contribution in [1.82, 2.24) is 20.6 Å². The summed E-state index contributed by atoms with van der Waals surface area (Å²) in [5.74, 6) is 1.61. The average molecular weight is 411 g/mol. The van der Waals surface area contributed by atoms with Gasteiger partial charge in [-0.25, -0.2) is 9.78 Å². The summed E-state index contributed by atoms with van der Waals surface area (Å²) < 4.78 is 0. The second-order valence-corrected chi connectivity index (χ2v) is 8.93. The number of fused-ring (bicyclic) bond motifs is 1. The van der Waals surface area contributed by atoms with E-state index < -0.39 is 0 Å². The first-order valence-corrected chi connectivity index (χ1v) is 11.4. The van der Waals surface area contributed by atoms with Crippen LogP contribution in [0, 0.1) is 0 Å². The Hall–Kier alpha value is -2.57. The largest absolute Gasteiger partial charge is 0.362 e. The highest BCUT2D eigenvalue weighted by Gasteiger charge is 2.24. The molecule has 2 amide bonds.